The molecule has 0 radical (unpaired) electrons. The number of hydrogen-bond acceptors (Lipinski definition) is 6. The summed E-state index contributed by atoms with van der Waals surface area (Å²) in [6.45, 7) is 7.29. The van der Waals surface area contributed by atoms with Crippen LogP contribution < -0.4 is 5.32 Å². The lowest BCUT2D eigenvalue weighted by Crippen LogP contribution is -2.46. The fourth-order valence-corrected chi connectivity index (χ4v) is 4.38. The van der Waals surface area contributed by atoms with E-state index in [9.17, 15) is 14.4 Å². The molecule has 1 aliphatic rings. The molecule has 3 rings (SSSR count). The van der Waals surface area contributed by atoms with Crippen LogP contribution in [0.1, 0.15) is 55.3 Å². The van der Waals surface area contributed by atoms with Crippen LogP contribution in [0.15, 0.2) is 42.0 Å². The topological polar surface area (TPSA) is 91.8 Å². The summed E-state index contributed by atoms with van der Waals surface area (Å²) in [7, 11) is 0. The first kappa shape index (κ1) is 24.7. The smallest absolute Gasteiger partial charge is 0.410 e. The Hall–Kier alpha value is -2.94. The molecule has 178 valence electrons. The van der Waals surface area contributed by atoms with Crippen LogP contribution in [-0.4, -0.2) is 64.0 Å². The van der Waals surface area contributed by atoms with Gasteiger partial charge >= 0.3 is 6.09 Å². The maximum atomic E-state index is 12.8. The van der Waals surface area contributed by atoms with E-state index in [0.717, 1.165) is 12.0 Å². The van der Waals surface area contributed by atoms with Crippen molar-refractivity contribution in [2.75, 3.05) is 19.6 Å². The van der Waals surface area contributed by atoms with Crippen LogP contribution in [0.25, 0.3) is 0 Å². The van der Waals surface area contributed by atoms with Crippen molar-refractivity contribution in [1.29, 1.82) is 0 Å². The van der Waals surface area contributed by atoms with Crippen molar-refractivity contribution >= 4 is 29.2 Å². The molecule has 0 aliphatic carbocycles. The second-order valence-corrected chi connectivity index (χ2v) is 9.99. The van der Waals surface area contributed by atoms with Gasteiger partial charge in [-0.3, -0.25) is 14.6 Å². The minimum absolute atomic E-state index is 0.0878. The minimum atomic E-state index is -0.598. The van der Waals surface area contributed by atoms with Crippen LogP contribution in [0.2, 0.25) is 0 Å². The number of amides is 3. The Labute approximate surface area is 198 Å². The van der Waals surface area contributed by atoms with Crippen molar-refractivity contribution < 1.29 is 19.1 Å². The third-order valence-electron chi connectivity index (χ3n) is 5.20. The summed E-state index contributed by atoms with van der Waals surface area (Å²) in [4.78, 5) is 46.2. The first-order chi connectivity index (χ1) is 15.7. The molecule has 2 aromatic heterocycles. The number of likely N-dealkylation sites (tertiary alicyclic amines) is 1. The number of nitrogens with zero attached hydrogens (tertiary/aromatic N) is 3. The molecule has 1 fully saturated rings. The Bertz CT molecular complexity index is 928. The highest BCUT2D eigenvalue weighted by Crippen LogP contribution is 2.22. The minimum Gasteiger partial charge on any atom is -0.444 e. The zero-order valence-corrected chi connectivity index (χ0v) is 20.3. The lowest BCUT2D eigenvalue weighted by Gasteiger charge is -2.28. The average Bonchev–Trinajstić information content (AvgIpc) is 3.47. The molecular weight excluding hydrogens is 440 g/mol. The summed E-state index contributed by atoms with van der Waals surface area (Å²) >= 11 is 1.39. The van der Waals surface area contributed by atoms with Gasteiger partial charge in [0.05, 0.1) is 11.4 Å². The van der Waals surface area contributed by atoms with E-state index in [2.05, 4.69) is 10.3 Å². The summed E-state index contributed by atoms with van der Waals surface area (Å²) in [5.74, 6) is -0.233. The highest BCUT2D eigenvalue weighted by atomic mass is 32.1. The molecule has 3 amide bonds. The number of hydrogen-bond donors (Lipinski definition) is 1. The van der Waals surface area contributed by atoms with Crippen LogP contribution in [0, 0.1) is 0 Å². The summed E-state index contributed by atoms with van der Waals surface area (Å²) in [6.07, 6.45) is 5.05. The normalized spacial score (nSPS) is 15.8. The van der Waals surface area contributed by atoms with Crippen molar-refractivity contribution in [2.45, 2.75) is 58.2 Å². The van der Waals surface area contributed by atoms with Gasteiger partial charge in [-0.1, -0.05) is 12.1 Å². The molecule has 0 saturated carbocycles. The van der Waals surface area contributed by atoms with Crippen molar-refractivity contribution in [3.8, 4) is 0 Å². The second kappa shape index (κ2) is 11.3. The number of thiophene rings is 1. The monoisotopic (exact) mass is 472 g/mol. The summed E-state index contributed by atoms with van der Waals surface area (Å²) in [6, 6.07) is 6.91. The molecule has 9 heteroatoms. The van der Waals surface area contributed by atoms with Gasteiger partial charge < -0.3 is 19.9 Å². The number of ether oxygens (including phenoxy) is 1. The van der Waals surface area contributed by atoms with Gasteiger partial charge in [0.25, 0.3) is 5.91 Å². The van der Waals surface area contributed by atoms with E-state index >= 15 is 0 Å². The Morgan fingerprint density at radius 1 is 1.27 bits per heavy atom. The maximum absolute atomic E-state index is 12.8. The van der Waals surface area contributed by atoms with Gasteiger partial charge in [-0.2, -0.15) is 0 Å². The Morgan fingerprint density at radius 2 is 2.09 bits per heavy atom. The molecule has 0 bridgehead atoms. The number of pyridine rings is 1. The summed E-state index contributed by atoms with van der Waals surface area (Å²) < 4.78 is 5.54. The largest absolute Gasteiger partial charge is 0.444 e. The maximum Gasteiger partial charge on any atom is 0.410 e. The van der Waals surface area contributed by atoms with Gasteiger partial charge in [-0.25, -0.2) is 4.79 Å². The number of rotatable bonds is 8. The number of nitrogens with one attached hydrogen (secondary N) is 1. The van der Waals surface area contributed by atoms with Crippen LogP contribution in [0.3, 0.4) is 0 Å². The van der Waals surface area contributed by atoms with Gasteiger partial charge in [0, 0.05) is 32.0 Å². The van der Waals surface area contributed by atoms with Crippen molar-refractivity contribution in [3.63, 3.8) is 0 Å². The van der Waals surface area contributed by atoms with Gasteiger partial charge in [-0.05, 0) is 63.1 Å². The molecule has 0 aromatic carbocycles. The van der Waals surface area contributed by atoms with Crippen molar-refractivity contribution in [1.82, 2.24) is 20.1 Å². The zero-order chi connectivity index (χ0) is 23.8. The molecule has 0 spiro atoms. The number of aromatic nitrogens is 1. The van der Waals surface area contributed by atoms with Crippen LogP contribution in [0.5, 0.6) is 0 Å². The Kier molecular flexibility index (Phi) is 8.43. The van der Waals surface area contributed by atoms with Gasteiger partial charge in [-0.15, -0.1) is 11.3 Å². The van der Waals surface area contributed by atoms with E-state index in [1.165, 1.54) is 11.3 Å². The number of carbonyl (C=O) groups is 3. The van der Waals surface area contributed by atoms with E-state index in [1.807, 2.05) is 44.4 Å². The molecule has 8 nitrogen and oxygen atoms in total. The van der Waals surface area contributed by atoms with Gasteiger partial charge in [0.1, 0.15) is 11.6 Å². The van der Waals surface area contributed by atoms with E-state index in [4.69, 9.17) is 4.74 Å². The molecule has 2 aromatic rings. The molecule has 33 heavy (non-hydrogen) atoms. The van der Waals surface area contributed by atoms with E-state index in [0.29, 0.717) is 43.9 Å². The predicted octanol–water partition coefficient (Wildman–Crippen LogP) is 3.69. The highest BCUT2D eigenvalue weighted by molar-refractivity contribution is 7.12. The Balaban J connectivity index is 1.52. The van der Waals surface area contributed by atoms with E-state index < -0.39 is 17.7 Å². The number of carbonyl (C=O) groups excluding carboxylic acids is 3. The lowest BCUT2D eigenvalue weighted by molar-refractivity contribution is -0.124. The van der Waals surface area contributed by atoms with Crippen molar-refractivity contribution in [3.05, 3.63) is 52.5 Å². The molecule has 1 aliphatic heterocycles. The van der Waals surface area contributed by atoms with Crippen LogP contribution in [-0.2, 0) is 16.1 Å². The average molecular weight is 473 g/mol. The van der Waals surface area contributed by atoms with Gasteiger partial charge in [0.2, 0.25) is 5.91 Å². The summed E-state index contributed by atoms with van der Waals surface area (Å²) in [5.41, 5.74) is 0.306. The first-order valence-corrected chi connectivity index (χ1v) is 12.1. The molecule has 3 heterocycles. The quantitative estimate of drug-likeness (QED) is 0.592. The van der Waals surface area contributed by atoms with Crippen LogP contribution >= 0.6 is 11.3 Å². The molecule has 1 atom stereocenters. The lowest BCUT2D eigenvalue weighted by atomic mass is 10.2. The van der Waals surface area contributed by atoms with E-state index in [-0.39, 0.29) is 11.8 Å². The van der Waals surface area contributed by atoms with Crippen molar-refractivity contribution in [2.24, 2.45) is 0 Å². The molecule has 1 saturated heterocycles. The highest BCUT2D eigenvalue weighted by Gasteiger charge is 2.34. The SMILES string of the molecule is CC(C)(C)OC(=O)N(CCCNC(=O)[C@@H]1CCCN1C(=O)c1cccs1)Cc1cccnc1. The second-order valence-electron chi connectivity index (χ2n) is 9.04. The summed E-state index contributed by atoms with van der Waals surface area (Å²) in [5, 5.41) is 4.80. The zero-order valence-electron chi connectivity index (χ0n) is 19.5. The van der Waals surface area contributed by atoms with Crippen LogP contribution in [0.4, 0.5) is 4.79 Å². The Morgan fingerprint density at radius 3 is 2.76 bits per heavy atom. The predicted molar refractivity (Wildman–Crippen MR) is 127 cm³/mol. The van der Waals surface area contributed by atoms with Gasteiger partial charge in [0.15, 0.2) is 0 Å². The molecule has 1 N–H and O–H groups in total. The van der Waals surface area contributed by atoms with E-state index in [1.54, 1.807) is 28.3 Å². The first-order valence-electron chi connectivity index (χ1n) is 11.2. The standard InChI is InChI=1S/C24H32N4O4S/c1-24(2,3)32-23(31)27(17-18-8-4-11-25-16-18)13-7-12-26-21(29)19-9-5-14-28(19)22(30)20-10-6-15-33-20/h4,6,8,10-11,15-16,19H,5,7,9,12-14,17H2,1-3H3,(H,26,29)/t19-/m0/s1. The fourth-order valence-electron chi connectivity index (χ4n) is 3.70. The molecular formula is C24H32N4O4S. The third-order valence-corrected chi connectivity index (χ3v) is 6.06. The molecule has 0 unspecified atom stereocenters. The third kappa shape index (κ3) is 7.28. The fraction of sp³-hybridized carbons (Fsp3) is 0.500.